The predicted molar refractivity (Wildman–Crippen MR) is 124 cm³/mol. The molecule has 0 amide bonds. The lowest BCUT2D eigenvalue weighted by Gasteiger charge is -2.45. The van der Waals surface area contributed by atoms with E-state index in [1.54, 1.807) is 0 Å². The zero-order chi connectivity index (χ0) is 19.6. The van der Waals surface area contributed by atoms with Gasteiger partial charge in [-0.25, -0.2) is 0 Å². The van der Waals surface area contributed by atoms with Gasteiger partial charge in [0.05, 0.1) is 13.2 Å². The highest BCUT2D eigenvalue weighted by Gasteiger charge is 2.33. The smallest absolute Gasteiger partial charge is 0.0589 e. The molecule has 0 radical (unpaired) electrons. The second-order valence-electron chi connectivity index (χ2n) is 9.10. The van der Waals surface area contributed by atoms with Gasteiger partial charge in [0.1, 0.15) is 0 Å². The molecule has 4 nitrogen and oxygen atoms in total. The first-order valence-corrected chi connectivity index (χ1v) is 15.3. The average molecular weight is 431 g/mol. The van der Waals surface area contributed by atoms with Crippen LogP contribution in [0.15, 0.2) is 0 Å². The Morgan fingerprint density at radius 3 is 1.29 bits per heavy atom. The van der Waals surface area contributed by atoms with Gasteiger partial charge in [0, 0.05) is 52.5 Å². The minimum absolute atomic E-state index is 0.0693. The van der Waals surface area contributed by atoms with Crippen molar-refractivity contribution < 1.29 is 9.47 Å². The van der Waals surface area contributed by atoms with Crippen LogP contribution < -0.4 is 0 Å². The Hall–Kier alpha value is 0.700. The average Bonchev–Trinajstić information content (AvgIpc) is 2.73. The molecule has 1 aliphatic heterocycles. The summed E-state index contributed by atoms with van der Waals surface area (Å²) in [5.74, 6) is 0. The molecule has 0 bridgehead atoms. The zero-order valence-electron chi connectivity index (χ0n) is 18.5. The lowest BCUT2D eigenvalue weighted by molar-refractivity contribution is 0.159. The van der Waals surface area contributed by atoms with Gasteiger partial charge < -0.3 is 9.47 Å². The largest absolute Gasteiger partial charge is 0.383 e. The van der Waals surface area contributed by atoms with Gasteiger partial charge in [0.15, 0.2) is 0 Å². The third kappa shape index (κ3) is 7.44. The van der Waals surface area contributed by atoms with Crippen molar-refractivity contribution in [2.45, 2.75) is 75.5 Å². The van der Waals surface area contributed by atoms with Gasteiger partial charge in [-0.1, -0.05) is 54.4 Å². The van der Waals surface area contributed by atoms with Crippen LogP contribution in [0.2, 0.25) is 0 Å². The van der Waals surface area contributed by atoms with E-state index in [0.717, 1.165) is 37.6 Å². The number of nitrogens with zero attached hydrogens (tertiary/aromatic N) is 2. The van der Waals surface area contributed by atoms with Crippen molar-refractivity contribution in [3.8, 4) is 0 Å². The van der Waals surface area contributed by atoms with Crippen LogP contribution in [-0.2, 0) is 9.47 Å². The van der Waals surface area contributed by atoms with E-state index in [1.807, 2.05) is 14.2 Å². The fourth-order valence-electron chi connectivity index (χ4n) is 5.28. The molecule has 0 unspecified atom stereocenters. The van der Waals surface area contributed by atoms with E-state index < -0.39 is 0 Å². The SMILES string of the molecule is COCCN1CP(C2CCCCC2)CN(CCOC)CP(C2CCCCC2)C1. The van der Waals surface area contributed by atoms with Gasteiger partial charge in [0.2, 0.25) is 0 Å². The number of methoxy groups -OCH3 is 2. The molecule has 3 rings (SSSR count). The molecular weight excluding hydrogens is 386 g/mol. The Labute approximate surface area is 176 Å². The fourth-order valence-corrected chi connectivity index (χ4v) is 11.9. The van der Waals surface area contributed by atoms with Gasteiger partial charge in [-0.2, -0.15) is 0 Å². The molecular formula is C22H44N2O2P2. The van der Waals surface area contributed by atoms with Crippen LogP contribution in [-0.4, -0.2) is 86.8 Å². The number of rotatable bonds is 8. The summed E-state index contributed by atoms with van der Waals surface area (Å²) in [5.41, 5.74) is 2.00. The normalized spacial score (nSPS) is 30.2. The maximum Gasteiger partial charge on any atom is 0.0589 e. The fraction of sp³-hybridized carbons (Fsp3) is 1.00. The zero-order valence-corrected chi connectivity index (χ0v) is 20.3. The summed E-state index contributed by atoms with van der Waals surface area (Å²) in [6, 6.07) is 0. The van der Waals surface area contributed by atoms with Crippen molar-refractivity contribution in [1.82, 2.24) is 9.80 Å². The lowest BCUT2D eigenvalue weighted by Crippen LogP contribution is -2.40. The molecule has 0 aromatic rings. The van der Waals surface area contributed by atoms with Crippen LogP contribution in [0.3, 0.4) is 0 Å². The summed E-state index contributed by atoms with van der Waals surface area (Å²) in [4.78, 5) is 5.69. The van der Waals surface area contributed by atoms with Crippen LogP contribution in [0.1, 0.15) is 64.2 Å². The van der Waals surface area contributed by atoms with Crippen LogP contribution in [0.25, 0.3) is 0 Å². The first-order chi connectivity index (χ1) is 13.8. The highest BCUT2D eigenvalue weighted by Crippen LogP contribution is 2.55. The molecule has 1 saturated heterocycles. The van der Waals surface area contributed by atoms with E-state index in [9.17, 15) is 0 Å². The molecule has 2 aliphatic carbocycles. The van der Waals surface area contributed by atoms with E-state index in [4.69, 9.17) is 9.47 Å². The number of hydrogen-bond acceptors (Lipinski definition) is 4. The molecule has 0 N–H and O–H groups in total. The van der Waals surface area contributed by atoms with Crippen LogP contribution in [0, 0.1) is 0 Å². The molecule has 2 saturated carbocycles. The highest BCUT2D eigenvalue weighted by atomic mass is 31.1. The summed E-state index contributed by atoms with van der Waals surface area (Å²) in [7, 11) is 3.87. The minimum atomic E-state index is 0.0693. The van der Waals surface area contributed by atoms with Crippen molar-refractivity contribution in [3.63, 3.8) is 0 Å². The molecule has 3 fully saturated rings. The van der Waals surface area contributed by atoms with Gasteiger partial charge >= 0.3 is 0 Å². The van der Waals surface area contributed by atoms with Crippen LogP contribution in [0.4, 0.5) is 0 Å². The Morgan fingerprint density at radius 2 is 0.964 bits per heavy atom. The first kappa shape index (κ1) is 23.4. The van der Waals surface area contributed by atoms with E-state index in [0.29, 0.717) is 0 Å². The lowest BCUT2D eigenvalue weighted by atomic mass is 10.0. The van der Waals surface area contributed by atoms with Gasteiger partial charge in [-0.15, -0.1) is 0 Å². The van der Waals surface area contributed by atoms with E-state index in [1.165, 1.54) is 89.4 Å². The molecule has 164 valence electrons. The summed E-state index contributed by atoms with van der Waals surface area (Å²) < 4.78 is 11.0. The monoisotopic (exact) mass is 430 g/mol. The second kappa shape index (κ2) is 13.2. The van der Waals surface area contributed by atoms with E-state index in [2.05, 4.69) is 9.80 Å². The number of ether oxygens (including phenoxy) is 2. The third-order valence-corrected chi connectivity index (χ3v) is 13.1. The third-order valence-electron chi connectivity index (χ3n) is 6.93. The van der Waals surface area contributed by atoms with E-state index >= 15 is 0 Å². The van der Waals surface area contributed by atoms with Gasteiger partial charge in [-0.3, -0.25) is 9.80 Å². The van der Waals surface area contributed by atoms with Crippen LogP contribution in [0.5, 0.6) is 0 Å². The summed E-state index contributed by atoms with van der Waals surface area (Å²) in [6.45, 7) is 4.08. The molecule has 3 aliphatic rings. The molecule has 0 aromatic carbocycles. The van der Waals surface area contributed by atoms with Crippen molar-refractivity contribution in [1.29, 1.82) is 0 Å². The predicted octanol–water partition coefficient (Wildman–Crippen LogP) is 5.36. The Morgan fingerprint density at radius 1 is 0.607 bits per heavy atom. The molecule has 0 atom stereocenters. The summed E-state index contributed by atoms with van der Waals surface area (Å²) >= 11 is 0. The molecule has 6 heteroatoms. The van der Waals surface area contributed by atoms with Gasteiger partial charge in [-0.05, 0) is 37.0 Å². The quantitative estimate of drug-likeness (QED) is 0.484. The molecule has 1 heterocycles. The summed E-state index contributed by atoms with van der Waals surface area (Å²) in [5, 5.41) is 0. The Balaban J connectivity index is 1.70. The van der Waals surface area contributed by atoms with Crippen molar-refractivity contribution in [3.05, 3.63) is 0 Å². The highest BCUT2D eigenvalue weighted by molar-refractivity contribution is 7.60. The topological polar surface area (TPSA) is 24.9 Å². The Bertz CT molecular complexity index is 367. The molecule has 0 spiro atoms. The standard InChI is InChI=1S/C22H44N2O2P2/c1-25-15-13-23-17-27(21-9-5-3-6-10-21)19-24(14-16-26-2)20-28(18-23)22-11-7-4-8-12-22/h21-22H,3-20H2,1-2H3. The second-order valence-corrected chi connectivity index (χ2v) is 14.0. The van der Waals surface area contributed by atoms with E-state index in [-0.39, 0.29) is 15.8 Å². The maximum absolute atomic E-state index is 5.50. The minimum Gasteiger partial charge on any atom is -0.383 e. The first-order valence-electron chi connectivity index (χ1n) is 11.7. The summed E-state index contributed by atoms with van der Waals surface area (Å²) in [6.07, 6.45) is 20.2. The van der Waals surface area contributed by atoms with Crippen molar-refractivity contribution >= 4 is 15.8 Å². The maximum atomic E-state index is 5.50. The van der Waals surface area contributed by atoms with Gasteiger partial charge in [0.25, 0.3) is 0 Å². The van der Waals surface area contributed by atoms with Crippen molar-refractivity contribution in [2.75, 3.05) is 65.7 Å². The number of hydrogen-bond donors (Lipinski definition) is 0. The molecule has 0 aromatic heterocycles. The molecule has 28 heavy (non-hydrogen) atoms. The Kier molecular flexibility index (Phi) is 11.0. The van der Waals surface area contributed by atoms with Crippen LogP contribution >= 0.6 is 15.8 Å². The van der Waals surface area contributed by atoms with Crippen molar-refractivity contribution in [2.24, 2.45) is 0 Å².